The Kier molecular flexibility index (Phi) is 5.13. The highest BCUT2D eigenvalue weighted by atomic mass is 35.5. The molecule has 2 N–H and O–H groups in total. The van der Waals surface area contributed by atoms with Crippen LogP contribution in [0.1, 0.15) is 17.2 Å². The van der Waals surface area contributed by atoms with Crippen LogP contribution >= 0.6 is 11.6 Å². The van der Waals surface area contributed by atoms with Crippen molar-refractivity contribution in [3.63, 3.8) is 0 Å². The van der Waals surface area contributed by atoms with Crippen molar-refractivity contribution in [3.8, 4) is 22.4 Å². The summed E-state index contributed by atoms with van der Waals surface area (Å²) >= 11 is 5.85. The summed E-state index contributed by atoms with van der Waals surface area (Å²) in [6.07, 6.45) is 3.25. The van der Waals surface area contributed by atoms with Crippen molar-refractivity contribution in [2.75, 3.05) is 0 Å². The average molecular weight is 415 g/mol. The normalized spacial score (nSPS) is 12.2. The molecule has 0 spiro atoms. The van der Waals surface area contributed by atoms with Crippen LogP contribution in [0, 0.1) is 17.5 Å². The molecule has 29 heavy (non-hydrogen) atoms. The molecular formula is C22H14ClF3N2O. The fourth-order valence-electron chi connectivity index (χ4n) is 3.27. The lowest BCUT2D eigenvalue weighted by atomic mass is 9.92. The van der Waals surface area contributed by atoms with Crippen LogP contribution in [0.3, 0.4) is 0 Å². The summed E-state index contributed by atoms with van der Waals surface area (Å²) in [4.78, 5) is 6.89. The molecule has 0 aliphatic heterocycles. The molecule has 0 saturated heterocycles. The number of aliphatic hydroxyl groups excluding tert-OH is 1. The predicted molar refractivity (Wildman–Crippen MR) is 105 cm³/mol. The fourth-order valence-corrected chi connectivity index (χ4v) is 3.43. The third kappa shape index (κ3) is 3.64. The van der Waals surface area contributed by atoms with Gasteiger partial charge in [-0.15, -0.1) is 0 Å². The molecule has 0 bridgehead atoms. The lowest BCUT2D eigenvalue weighted by Crippen LogP contribution is -2.04. The highest BCUT2D eigenvalue weighted by Crippen LogP contribution is 2.40. The minimum Gasteiger partial charge on any atom is -0.383 e. The molecule has 2 aromatic heterocycles. The molecule has 0 amide bonds. The Morgan fingerprint density at radius 2 is 1.69 bits per heavy atom. The maximum atomic E-state index is 14.6. The van der Waals surface area contributed by atoms with Crippen molar-refractivity contribution in [1.29, 1.82) is 0 Å². The van der Waals surface area contributed by atoms with Crippen molar-refractivity contribution in [2.45, 2.75) is 6.10 Å². The summed E-state index contributed by atoms with van der Waals surface area (Å²) in [5.41, 5.74) is 1.44. The number of aromatic nitrogens is 2. The Bertz CT molecular complexity index is 1110. The molecule has 0 fully saturated rings. The first-order valence-electron chi connectivity index (χ1n) is 8.66. The number of aliphatic hydroxyl groups is 1. The summed E-state index contributed by atoms with van der Waals surface area (Å²) in [5, 5.41) is 11.3. The third-order valence-corrected chi connectivity index (χ3v) is 4.85. The largest absolute Gasteiger partial charge is 0.383 e. The van der Waals surface area contributed by atoms with Gasteiger partial charge in [0.05, 0.1) is 5.69 Å². The monoisotopic (exact) mass is 414 g/mol. The first-order chi connectivity index (χ1) is 14.0. The van der Waals surface area contributed by atoms with E-state index in [0.717, 1.165) is 18.2 Å². The van der Waals surface area contributed by atoms with Gasteiger partial charge in [0.1, 0.15) is 23.6 Å². The Balaban J connectivity index is 1.96. The summed E-state index contributed by atoms with van der Waals surface area (Å²) in [6, 6.07) is 10.6. The number of rotatable bonds is 4. The van der Waals surface area contributed by atoms with Gasteiger partial charge in [-0.3, -0.25) is 4.98 Å². The number of hydrogen-bond acceptors (Lipinski definition) is 2. The second-order valence-electron chi connectivity index (χ2n) is 6.43. The van der Waals surface area contributed by atoms with E-state index < -0.39 is 23.6 Å². The summed E-state index contributed by atoms with van der Waals surface area (Å²) in [5.74, 6) is -2.13. The van der Waals surface area contributed by atoms with Crippen LogP contribution in [0.5, 0.6) is 0 Å². The van der Waals surface area contributed by atoms with E-state index in [9.17, 15) is 18.3 Å². The van der Waals surface area contributed by atoms with Gasteiger partial charge in [0, 0.05) is 57.5 Å². The van der Waals surface area contributed by atoms with Crippen molar-refractivity contribution in [1.82, 2.24) is 9.97 Å². The molecule has 4 aromatic rings. The van der Waals surface area contributed by atoms with Gasteiger partial charge >= 0.3 is 0 Å². The van der Waals surface area contributed by atoms with E-state index >= 15 is 0 Å². The number of pyridine rings is 1. The van der Waals surface area contributed by atoms with Crippen LogP contribution in [-0.2, 0) is 0 Å². The number of H-pyrrole nitrogens is 1. The molecule has 0 aliphatic carbocycles. The highest BCUT2D eigenvalue weighted by molar-refractivity contribution is 6.30. The summed E-state index contributed by atoms with van der Waals surface area (Å²) < 4.78 is 42.5. The first-order valence-corrected chi connectivity index (χ1v) is 9.03. The number of hydrogen-bond donors (Lipinski definition) is 2. The molecule has 7 heteroatoms. The predicted octanol–water partition coefficient (Wildman–Crippen LogP) is 5.90. The number of halogens is 4. The maximum absolute atomic E-state index is 14.6. The Labute approximate surface area is 169 Å². The van der Waals surface area contributed by atoms with E-state index in [1.165, 1.54) is 30.6 Å². The van der Waals surface area contributed by atoms with Crippen molar-refractivity contribution in [2.24, 2.45) is 0 Å². The SMILES string of the molecule is O[C@@H](c1cccnc1)c1c(-c2ccc(Cl)cc2F)c[nH]c1-c1ccc(F)cc1F. The van der Waals surface area contributed by atoms with Gasteiger partial charge < -0.3 is 10.1 Å². The summed E-state index contributed by atoms with van der Waals surface area (Å²) in [7, 11) is 0. The van der Waals surface area contributed by atoms with E-state index in [2.05, 4.69) is 9.97 Å². The van der Waals surface area contributed by atoms with Gasteiger partial charge in [0.2, 0.25) is 0 Å². The van der Waals surface area contributed by atoms with Gasteiger partial charge in [-0.05, 0) is 36.4 Å². The van der Waals surface area contributed by atoms with E-state index in [-0.39, 0.29) is 27.4 Å². The van der Waals surface area contributed by atoms with Crippen molar-refractivity contribution in [3.05, 3.63) is 101 Å². The van der Waals surface area contributed by atoms with E-state index in [0.29, 0.717) is 11.1 Å². The number of benzene rings is 2. The van der Waals surface area contributed by atoms with Crippen LogP contribution in [-0.4, -0.2) is 15.1 Å². The van der Waals surface area contributed by atoms with Gasteiger partial charge in [-0.1, -0.05) is 17.7 Å². The minimum atomic E-state index is -1.24. The highest BCUT2D eigenvalue weighted by Gasteiger charge is 2.25. The summed E-state index contributed by atoms with van der Waals surface area (Å²) in [6.45, 7) is 0. The molecular weight excluding hydrogens is 401 g/mol. The number of nitrogens with zero attached hydrogens (tertiary/aromatic N) is 1. The second-order valence-corrected chi connectivity index (χ2v) is 6.86. The quantitative estimate of drug-likeness (QED) is 0.437. The molecule has 3 nitrogen and oxygen atoms in total. The van der Waals surface area contributed by atoms with Crippen LogP contribution < -0.4 is 0 Å². The van der Waals surface area contributed by atoms with Crippen molar-refractivity contribution >= 4 is 11.6 Å². The standard InChI is InChI=1S/C22H14ClF3N2O/c23-13-3-5-15(18(25)8-13)17-11-28-21(16-6-4-14(24)9-19(16)26)20(17)22(29)12-2-1-7-27-10-12/h1-11,22,28-29H/t22-/m0/s1. The molecule has 2 aromatic carbocycles. The van der Waals surface area contributed by atoms with Crippen LogP contribution in [0.4, 0.5) is 13.2 Å². The zero-order valence-corrected chi connectivity index (χ0v) is 15.6. The number of nitrogens with one attached hydrogen (secondary N) is 1. The molecule has 1 atom stereocenters. The smallest absolute Gasteiger partial charge is 0.135 e. The molecule has 0 saturated carbocycles. The molecule has 146 valence electrons. The topological polar surface area (TPSA) is 48.9 Å². The molecule has 0 unspecified atom stereocenters. The van der Waals surface area contributed by atoms with Crippen LogP contribution in [0.15, 0.2) is 67.1 Å². The third-order valence-electron chi connectivity index (χ3n) is 4.62. The first kappa shape index (κ1) is 19.2. The Morgan fingerprint density at radius 3 is 2.38 bits per heavy atom. The Hall–Kier alpha value is -3.09. The second kappa shape index (κ2) is 7.73. The van der Waals surface area contributed by atoms with Gasteiger partial charge in [0.25, 0.3) is 0 Å². The van der Waals surface area contributed by atoms with E-state index in [1.54, 1.807) is 18.3 Å². The minimum absolute atomic E-state index is 0.0463. The van der Waals surface area contributed by atoms with Gasteiger partial charge in [-0.2, -0.15) is 0 Å². The fraction of sp³-hybridized carbons (Fsp3) is 0.0455. The van der Waals surface area contributed by atoms with Gasteiger partial charge in [0.15, 0.2) is 0 Å². The van der Waals surface area contributed by atoms with Crippen molar-refractivity contribution < 1.29 is 18.3 Å². The average Bonchev–Trinajstić information content (AvgIpc) is 3.12. The lowest BCUT2D eigenvalue weighted by Gasteiger charge is -2.16. The van der Waals surface area contributed by atoms with Crippen LogP contribution in [0.25, 0.3) is 22.4 Å². The zero-order chi connectivity index (χ0) is 20.5. The maximum Gasteiger partial charge on any atom is 0.135 e. The molecule has 4 rings (SSSR count). The Morgan fingerprint density at radius 1 is 0.931 bits per heavy atom. The van der Waals surface area contributed by atoms with E-state index in [1.807, 2.05) is 0 Å². The molecule has 0 radical (unpaired) electrons. The lowest BCUT2D eigenvalue weighted by molar-refractivity contribution is 0.221. The zero-order valence-electron chi connectivity index (χ0n) is 14.8. The van der Waals surface area contributed by atoms with E-state index in [4.69, 9.17) is 11.6 Å². The number of aromatic amines is 1. The molecule has 0 aliphatic rings. The molecule has 2 heterocycles. The van der Waals surface area contributed by atoms with Gasteiger partial charge in [-0.25, -0.2) is 13.2 Å². The van der Waals surface area contributed by atoms with Crippen LogP contribution in [0.2, 0.25) is 5.02 Å².